The summed E-state index contributed by atoms with van der Waals surface area (Å²) in [7, 11) is 1.79. The Balaban J connectivity index is 2.12. The summed E-state index contributed by atoms with van der Waals surface area (Å²) in [6, 6.07) is 6.72. The van der Waals surface area contributed by atoms with E-state index in [9.17, 15) is 0 Å². The van der Waals surface area contributed by atoms with E-state index in [4.69, 9.17) is 4.74 Å². The van der Waals surface area contributed by atoms with Crippen LogP contribution < -0.4 is 4.90 Å². The topological polar surface area (TPSA) is 12.5 Å². The molecule has 1 fully saturated rings. The average Bonchev–Trinajstić information content (AvgIpc) is 2.78. The highest BCUT2D eigenvalue weighted by molar-refractivity contribution is 9.08. The van der Waals surface area contributed by atoms with Gasteiger partial charge >= 0.3 is 0 Å². The maximum atomic E-state index is 5.25. The first-order chi connectivity index (χ1) is 8.24. The molecule has 1 aromatic rings. The molecular formula is C14H20BrNO. The third-order valence-corrected chi connectivity index (χ3v) is 4.01. The first kappa shape index (κ1) is 12.9. The molecule has 0 amide bonds. The lowest BCUT2D eigenvalue weighted by Crippen LogP contribution is -2.22. The summed E-state index contributed by atoms with van der Waals surface area (Å²) < 4.78 is 5.25. The average molecular weight is 298 g/mol. The summed E-state index contributed by atoms with van der Waals surface area (Å²) in [5.41, 5.74) is 4.10. The van der Waals surface area contributed by atoms with Crippen LogP contribution in [0.2, 0.25) is 0 Å². The number of halogens is 1. The molecule has 1 heterocycles. The number of ether oxygens (including phenoxy) is 1. The van der Waals surface area contributed by atoms with E-state index in [1.165, 1.54) is 23.2 Å². The van der Waals surface area contributed by atoms with E-state index in [2.05, 4.69) is 46.0 Å². The van der Waals surface area contributed by atoms with Crippen LogP contribution in [0.5, 0.6) is 0 Å². The van der Waals surface area contributed by atoms with Crippen molar-refractivity contribution in [2.75, 3.05) is 31.7 Å². The van der Waals surface area contributed by atoms with E-state index in [0.717, 1.165) is 25.0 Å². The fourth-order valence-electron chi connectivity index (χ4n) is 2.55. The van der Waals surface area contributed by atoms with Crippen molar-refractivity contribution < 1.29 is 4.74 Å². The lowest BCUT2D eigenvalue weighted by molar-refractivity contribution is 0.161. The summed E-state index contributed by atoms with van der Waals surface area (Å²) in [6.45, 7) is 5.30. The molecule has 1 aromatic carbocycles. The predicted octanol–water partition coefficient (Wildman–Crippen LogP) is 3.36. The Bertz CT molecular complexity index is 380. The van der Waals surface area contributed by atoms with Crippen LogP contribution in [0.15, 0.2) is 18.2 Å². The fourth-order valence-corrected chi connectivity index (χ4v) is 3.00. The van der Waals surface area contributed by atoms with Crippen LogP contribution in [0.3, 0.4) is 0 Å². The van der Waals surface area contributed by atoms with E-state index < -0.39 is 0 Å². The second-order valence-corrected chi connectivity index (χ2v) is 5.38. The molecule has 0 bridgehead atoms. The van der Waals surface area contributed by atoms with Gasteiger partial charge in [-0.3, -0.25) is 0 Å². The van der Waals surface area contributed by atoms with Gasteiger partial charge in [0.1, 0.15) is 0 Å². The standard InChI is InChI=1S/C14H20BrNO/c1-11-3-4-14(13(7-11)8-15)16-6-5-12(9-16)10-17-2/h3-4,7,12H,5-6,8-10H2,1-2H3. The van der Waals surface area contributed by atoms with Gasteiger partial charge < -0.3 is 9.64 Å². The molecule has 0 radical (unpaired) electrons. The van der Waals surface area contributed by atoms with Crippen LogP contribution in [0.25, 0.3) is 0 Å². The minimum Gasteiger partial charge on any atom is -0.384 e. The Morgan fingerprint density at radius 3 is 3.00 bits per heavy atom. The summed E-state index contributed by atoms with van der Waals surface area (Å²) >= 11 is 3.58. The minimum atomic E-state index is 0.685. The normalized spacial score (nSPS) is 19.9. The van der Waals surface area contributed by atoms with Crippen molar-refractivity contribution >= 4 is 21.6 Å². The Labute approximate surface area is 112 Å². The Morgan fingerprint density at radius 2 is 2.29 bits per heavy atom. The molecule has 1 atom stereocenters. The number of aryl methyl sites for hydroxylation is 1. The van der Waals surface area contributed by atoms with Gasteiger partial charge in [0.05, 0.1) is 6.61 Å². The van der Waals surface area contributed by atoms with Gasteiger partial charge in [0, 0.05) is 37.1 Å². The SMILES string of the molecule is COCC1CCN(c2ccc(C)cc2CBr)C1. The van der Waals surface area contributed by atoms with Crippen molar-refractivity contribution in [2.45, 2.75) is 18.7 Å². The molecule has 2 nitrogen and oxygen atoms in total. The molecule has 0 spiro atoms. The number of methoxy groups -OCH3 is 1. The number of benzene rings is 1. The van der Waals surface area contributed by atoms with Crippen LogP contribution in [0.4, 0.5) is 5.69 Å². The third-order valence-electron chi connectivity index (χ3n) is 3.41. The quantitative estimate of drug-likeness (QED) is 0.790. The fraction of sp³-hybridized carbons (Fsp3) is 0.571. The molecular weight excluding hydrogens is 278 g/mol. The van der Waals surface area contributed by atoms with Crippen LogP contribution >= 0.6 is 15.9 Å². The number of rotatable bonds is 4. The lowest BCUT2D eigenvalue weighted by atomic mass is 10.1. The molecule has 94 valence electrons. The van der Waals surface area contributed by atoms with Crippen molar-refractivity contribution in [2.24, 2.45) is 5.92 Å². The summed E-state index contributed by atoms with van der Waals surface area (Å²) in [5.74, 6) is 0.685. The summed E-state index contributed by atoms with van der Waals surface area (Å²) in [5, 5.41) is 0.926. The molecule has 3 heteroatoms. The van der Waals surface area contributed by atoms with Crippen molar-refractivity contribution in [3.05, 3.63) is 29.3 Å². The Hall–Kier alpha value is -0.540. The van der Waals surface area contributed by atoms with E-state index in [1.54, 1.807) is 7.11 Å². The summed E-state index contributed by atoms with van der Waals surface area (Å²) in [6.07, 6.45) is 1.24. The van der Waals surface area contributed by atoms with E-state index >= 15 is 0 Å². The van der Waals surface area contributed by atoms with Crippen molar-refractivity contribution in [3.63, 3.8) is 0 Å². The van der Waals surface area contributed by atoms with Gasteiger partial charge in [-0.15, -0.1) is 0 Å². The highest BCUT2D eigenvalue weighted by Crippen LogP contribution is 2.29. The summed E-state index contributed by atoms with van der Waals surface area (Å²) in [4.78, 5) is 2.49. The predicted molar refractivity (Wildman–Crippen MR) is 76.0 cm³/mol. The molecule has 1 aliphatic rings. The monoisotopic (exact) mass is 297 g/mol. The zero-order valence-electron chi connectivity index (χ0n) is 10.6. The lowest BCUT2D eigenvalue weighted by Gasteiger charge is -2.22. The van der Waals surface area contributed by atoms with Gasteiger partial charge in [0.2, 0.25) is 0 Å². The number of anilines is 1. The second-order valence-electron chi connectivity index (χ2n) is 4.82. The van der Waals surface area contributed by atoms with Crippen molar-refractivity contribution in [3.8, 4) is 0 Å². The molecule has 17 heavy (non-hydrogen) atoms. The van der Waals surface area contributed by atoms with Gasteiger partial charge in [0.15, 0.2) is 0 Å². The van der Waals surface area contributed by atoms with Crippen LogP contribution in [-0.4, -0.2) is 26.8 Å². The molecule has 2 rings (SSSR count). The smallest absolute Gasteiger partial charge is 0.0508 e. The number of hydrogen-bond acceptors (Lipinski definition) is 2. The van der Waals surface area contributed by atoms with E-state index in [0.29, 0.717) is 5.92 Å². The van der Waals surface area contributed by atoms with Gasteiger partial charge in [-0.1, -0.05) is 33.6 Å². The Morgan fingerprint density at radius 1 is 1.47 bits per heavy atom. The molecule has 0 N–H and O–H groups in total. The largest absolute Gasteiger partial charge is 0.384 e. The second kappa shape index (κ2) is 5.87. The van der Waals surface area contributed by atoms with Gasteiger partial charge in [0.25, 0.3) is 0 Å². The van der Waals surface area contributed by atoms with Gasteiger partial charge in [-0.25, -0.2) is 0 Å². The zero-order chi connectivity index (χ0) is 12.3. The van der Waals surface area contributed by atoms with Crippen molar-refractivity contribution in [1.82, 2.24) is 0 Å². The first-order valence-corrected chi connectivity index (χ1v) is 7.26. The molecule has 1 aliphatic heterocycles. The maximum absolute atomic E-state index is 5.25. The Kier molecular flexibility index (Phi) is 4.46. The van der Waals surface area contributed by atoms with Crippen LogP contribution in [-0.2, 0) is 10.1 Å². The van der Waals surface area contributed by atoms with Crippen LogP contribution in [0.1, 0.15) is 17.5 Å². The van der Waals surface area contributed by atoms with Crippen LogP contribution in [0, 0.1) is 12.8 Å². The first-order valence-electron chi connectivity index (χ1n) is 6.14. The number of nitrogens with zero attached hydrogens (tertiary/aromatic N) is 1. The number of hydrogen-bond donors (Lipinski definition) is 0. The highest BCUT2D eigenvalue weighted by Gasteiger charge is 2.23. The zero-order valence-corrected chi connectivity index (χ0v) is 12.2. The maximum Gasteiger partial charge on any atom is 0.0508 e. The minimum absolute atomic E-state index is 0.685. The van der Waals surface area contributed by atoms with E-state index in [1.807, 2.05) is 0 Å². The van der Waals surface area contributed by atoms with Crippen molar-refractivity contribution in [1.29, 1.82) is 0 Å². The molecule has 1 unspecified atom stereocenters. The molecule has 0 saturated carbocycles. The highest BCUT2D eigenvalue weighted by atomic mass is 79.9. The third kappa shape index (κ3) is 3.02. The van der Waals surface area contributed by atoms with E-state index in [-0.39, 0.29) is 0 Å². The van der Waals surface area contributed by atoms with Gasteiger partial charge in [-0.05, 0) is 25.0 Å². The molecule has 1 saturated heterocycles. The molecule has 0 aliphatic carbocycles. The number of alkyl halides is 1. The molecule has 0 aromatic heterocycles. The van der Waals surface area contributed by atoms with Gasteiger partial charge in [-0.2, -0.15) is 0 Å².